The van der Waals surface area contributed by atoms with Crippen LogP contribution in [0.15, 0.2) is 24.3 Å². The smallest absolute Gasteiger partial charge is 0.239 e. The SMILES string of the molecule is Cc1ccc(CNC(=O)C2CCN(C(C)C(=O)N(C)C)CC2)cc1. The van der Waals surface area contributed by atoms with Gasteiger partial charge in [-0.15, -0.1) is 0 Å². The van der Waals surface area contributed by atoms with Gasteiger partial charge in [-0.05, 0) is 45.3 Å². The molecule has 0 aromatic heterocycles. The number of nitrogens with one attached hydrogen (secondary N) is 1. The predicted molar refractivity (Wildman–Crippen MR) is 95.5 cm³/mol. The minimum absolute atomic E-state index is 0.0494. The highest BCUT2D eigenvalue weighted by molar-refractivity contribution is 5.81. The van der Waals surface area contributed by atoms with E-state index in [1.807, 2.05) is 19.1 Å². The molecule has 1 saturated heterocycles. The van der Waals surface area contributed by atoms with Crippen molar-refractivity contribution in [3.05, 3.63) is 35.4 Å². The second-order valence-corrected chi connectivity index (χ2v) is 6.92. The van der Waals surface area contributed by atoms with Gasteiger partial charge in [0.1, 0.15) is 0 Å². The van der Waals surface area contributed by atoms with Crippen molar-refractivity contribution in [3.63, 3.8) is 0 Å². The van der Waals surface area contributed by atoms with Gasteiger partial charge in [-0.3, -0.25) is 14.5 Å². The Morgan fingerprint density at radius 2 is 1.79 bits per heavy atom. The van der Waals surface area contributed by atoms with Crippen molar-refractivity contribution < 1.29 is 9.59 Å². The number of rotatable bonds is 5. The summed E-state index contributed by atoms with van der Waals surface area (Å²) >= 11 is 0. The average Bonchev–Trinajstić information content (AvgIpc) is 2.59. The van der Waals surface area contributed by atoms with Gasteiger partial charge in [0.15, 0.2) is 0 Å². The van der Waals surface area contributed by atoms with E-state index >= 15 is 0 Å². The van der Waals surface area contributed by atoms with Crippen LogP contribution in [0.1, 0.15) is 30.9 Å². The molecule has 1 atom stereocenters. The Morgan fingerprint density at radius 1 is 1.21 bits per heavy atom. The summed E-state index contributed by atoms with van der Waals surface area (Å²) in [6, 6.07) is 8.10. The number of carbonyl (C=O) groups is 2. The Balaban J connectivity index is 1.78. The Labute approximate surface area is 145 Å². The lowest BCUT2D eigenvalue weighted by Gasteiger charge is -2.35. The summed E-state index contributed by atoms with van der Waals surface area (Å²) in [7, 11) is 3.56. The first kappa shape index (κ1) is 18.5. The van der Waals surface area contributed by atoms with Crippen LogP contribution in [0.2, 0.25) is 0 Å². The fourth-order valence-electron chi connectivity index (χ4n) is 3.12. The number of hydrogen-bond acceptors (Lipinski definition) is 3. The van der Waals surface area contributed by atoms with E-state index < -0.39 is 0 Å². The van der Waals surface area contributed by atoms with Gasteiger partial charge in [0.25, 0.3) is 0 Å². The molecule has 2 amide bonds. The second kappa shape index (κ2) is 8.29. The van der Waals surface area contributed by atoms with Crippen molar-refractivity contribution in [2.45, 2.75) is 39.3 Å². The van der Waals surface area contributed by atoms with Crippen LogP contribution in [-0.4, -0.2) is 54.8 Å². The molecule has 24 heavy (non-hydrogen) atoms. The largest absolute Gasteiger partial charge is 0.352 e. The Hall–Kier alpha value is -1.88. The highest BCUT2D eigenvalue weighted by atomic mass is 16.2. The van der Waals surface area contributed by atoms with Crippen LogP contribution >= 0.6 is 0 Å². The molecule has 0 bridgehead atoms. The van der Waals surface area contributed by atoms with Crippen molar-refractivity contribution in [2.75, 3.05) is 27.2 Å². The lowest BCUT2D eigenvalue weighted by atomic mass is 9.94. The standard InChI is InChI=1S/C19H29N3O2/c1-14-5-7-16(8-6-14)13-20-18(23)17-9-11-22(12-10-17)15(2)19(24)21(3)4/h5-8,15,17H,9-13H2,1-4H3,(H,20,23). The van der Waals surface area contributed by atoms with Crippen LogP contribution in [0.5, 0.6) is 0 Å². The van der Waals surface area contributed by atoms with Crippen LogP contribution in [0, 0.1) is 12.8 Å². The van der Waals surface area contributed by atoms with Crippen LogP contribution in [0.25, 0.3) is 0 Å². The molecule has 1 heterocycles. The molecule has 0 aliphatic carbocycles. The van der Waals surface area contributed by atoms with Crippen molar-refractivity contribution in [2.24, 2.45) is 5.92 Å². The zero-order valence-corrected chi connectivity index (χ0v) is 15.2. The molecule has 5 nitrogen and oxygen atoms in total. The maximum Gasteiger partial charge on any atom is 0.239 e. The number of amides is 2. The molecule has 2 rings (SSSR count). The molecular formula is C19H29N3O2. The third-order valence-electron chi connectivity index (χ3n) is 4.83. The molecule has 1 aromatic rings. The van der Waals surface area contributed by atoms with Gasteiger partial charge in [-0.2, -0.15) is 0 Å². The molecule has 1 aliphatic heterocycles. The fourth-order valence-corrected chi connectivity index (χ4v) is 3.12. The summed E-state index contributed by atoms with van der Waals surface area (Å²) in [5.41, 5.74) is 2.34. The molecule has 132 valence electrons. The zero-order chi connectivity index (χ0) is 17.7. The summed E-state index contributed by atoms with van der Waals surface area (Å²) in [4.78, 5) is 28.2. The second-order valence-electron chi connectivity index (χ2n) is 6.92. The number of aryl methyl sites for hydroxylation is 1. The molecule has 1 aromatic carbocycles. The first-order chi connectivity index (χ1) is 11.4. The Bertz CT molecular complexity index is 560. The lowest BCUT2D eigenvalue weighted by molar-refractivity contribution is -0.134. The molecule has 1 N–H and O–H groups in total. The number of piperidine rings is 1. The van der Waals surface area contributed by atoms with E-state index in [-0.39, 0.29) is 23.8 Å². The minimum atomic E-state index is -0.114. The summed E-state index contributed by atoms with van der Waals surface area (Å²) in [6.07, 6.45) is 1.62. The summed E-state index contributed by atoms with van der Waals surface area (Å²) in [5, 5.41) is 3.04. The van der Waals surface area contributed by atoms with E-state index in [1.165, 1.54) is 5.56 Å². The van der Waals surface area contributed by atoms with Crippen molar-refractivity contribution >= 4 is 11.8 Å². The normalized spacial score (nSPS) is 17.3. The van der Waals surface area contributed by atoms with Gasteiger partial charge in [0.2, 0.25) is 11.8 Å². The predicted octanol–water partition coefficient (Wildman–Crippen LogP) is 1.80. The van der Waals surface area contributed by atoms with Crippen molar-refractivity contribution in [1.29, 1.82) is 0 Å². The van der Waals surface area contributed by atoms with E-state index in [0.717, 1.165) is 31.5 Å². The summed E-state index contributed by atoms with van der Waals surface area (Å²) in [5.74, 6) is 0.299. The number of benzene rings is 1. The summed E-state index contributed by atoms with van der Waals surface area (Å²) < 4.78 is 0. The fraction of sp³-hybridized carbons (Fsp3) is 0.579. The van der Waals surface area contributed by atoms with E-state index in [1.54, 1.807) is 19.0 Å². The van der Waals surface area contributed by atoms with E-state index in [9.17, 15) is 9.59 Å². The first-order valence-corrected chi connectivity index (χ1v) is 8.67. The first-order valence-electron chi connectivity index (χ1n) is 8.67. The molecule has 0 spiro atoms. The maximum absolute atomic E-state index is 12.4. The van der Waals surface area contributed by atoms with Gasteiger partial charge in [-0.1, -0.05) is 29.8 Å². The third-order valence-corrected chi connectivity index (χ3v) is 4.83. The molecule has 5 heteroatoms. The number of carbonyl (C=O) groups excluding carboxylic acids is 2. The Kier molecular flexibility index (Phi) is 6.37. The summed E-state index contributed by atoms with van der Waals surface area (Å²) in [6.45, 7) is 6.17. The van der Waals surface area contributed by atoms with Gasteiger partial charge in [-0.25, -0.2) is 0 Å². The van der Waals surface area contributed by atoms with Gasteiger partial charge >= 0.3 is 0 Å². The van der Waals surface area contributed by atoms with E-state index in [2.05, 4.69) is 29.3 Å². The molecular weight excluding hydrogens is 302 g/mol. The monoisotopic (exact) mass is 331 g/mol. The zero-order valence-electron chi connectivity index (χ0n) is 15.2. The minimum Gasteiger partial charge on any atom is -0.352 e. The van der Waals surface area contributed by atoms with Crippen LogP contribution in [-0.2, 0) is 16.1 Å². The van der Waals surface area contributed by atoms with Crippen LogP contribution in [0.4, 0.5) is 0 Å². The van der Waals surface area contributed by atoms with Gasteiger partial charge in [0.05, 0.1) is 6.04 Å². The van der Waals surface area contributed by atoms with E-state index in [4.69, 9.17) is 0 Å². The van der Waals surface area contributed by atoms with Crippen LogP contribution < -0.4 is 5.32 Å². The van der Waals surface area contributed by atoms with Crippen LogP contribution in [0.3, 0.4) is 0 Å². The van der Waals surface area contributed by atoms with Gasteiger partial charge in [0, 0.05) is 26.6 Å². The van der Waals surface area contributed by atoms with Crippen molar-refractivity contribution in [3.8, 4) is 0 Å². The molecule has 1 aliphatic rings. The average molecular weight is 331 g/mol. The highest BCUT2D eigenvalue weighted by Crippen LogP contribution is 2.20. The van der Waals surface area contributed by atoms with Crippen molar-refractivity contribution in [1.82, 2.24) is 15.1 Å². The molecule has 0 radical (unpaired) electrons. The highest BCUT2D eigenvalue weighted by Gasteiger charge is 2.30. The van der Waals surface area contributed by atoms with E-state index in [0.29, 0.717) is 6.54 Å². The quantitative estimate of drug-likeness (QED) is 0.895. The number of hydrogen-bond donors (Lipinski definition) is 1. The maximum atomic E-state index is 12.4. The van der Waals surface area contributed by atoms with Gasteiger partial charge < -0.3 is 10.2 Å². The molecule has 1 fully saturated rings. The molecule has 1 unspecified atom stereocenters. The number of nitrogens with zero attached hydrogens (tertiary/aromatic N) is 2. The topological polar surface area (TPSA) is 52.7 Å². The Morgan fingerprint density at radius 3 is 2.33 bits per heavy atom. The molecule has 0 saturated carbocycles. The number of likely N-dealkylation sites (N-methyl/N-ethyl adjacent to an activating group) is 1. The lowest BCUT2D eigenvalue weighted by Crippen LogP contribution is -2.49. The third kappa shape index (κ3) is 4.81. The number of likely N-dealkylation sites (tertiary alicyclic amines) is 1.